The van der Waals surface area contributed by atoms with Crippen LogP contribution in [0.4, 0.5) is 0 Å². The van der Waals surface area contributed by atoms with Gasteiger partial charge in [-0.25, -0.2) is 0 Å². The van der Waals surface area contributed by atoms with Crippen LogP contribution < -0.4 is 0 Å². The van der Waals surface area contributed by atoms with Crippen LogP contribution in [0.3, 0.4) is 0 Å². The van der Waals surface area contributed by atoms with Crippen LogP contribution >= 0.6 is 0 Å². The Morgan fingerprint density at radius 2 is 1.64 bits per heavy atom. The first-order chi connectivity index (χ1) is 6.93. The van der Waals surface area contributed by atoms with Crippen LogP contribution in [0.5, 0.6) is 0 Å². The second-order valence-electron chi connectivity index (χ2n) is 3.68. The van der Waals surface area contributed by atoms with Crippen molar-refractivity contribution in [2.45, 2.75) is 51.2 Å². The van der Waals surface area contributed by atoms with Crippen LogP contribution in [-0.2, 0) is 14.3 Å². The Kier molecular flexibility index (Phi) is 6.62. The lowest BCUT2D eigenvalue weighted by Crippen LogP contribution is -2.06. The molecule has 0 bridgehead atoms. The minimum atomic E-state index is 0.0602. The standard InChI is InChI=1S/C11H20O3/c12-8-6-4-2-1-3-5-7-11-13-9-10-14-11/h8,11H,1-7,9-10H2. The molecule has 1 fully saturated rings. The van der Waals surface area contributed by atoms with E-state index in [1.807, 2.05) is 0 Å². The quantitative estimate of drug-likeness (QED) is 0.445. The minimum absolute atomic E-state index is 0.0602. The summed E-state index contributed by atoms with van der Waals surface area (Å²) in [5.74, 6) is 0. The Hall–Kier alpha value is -0.410. The van der Waals surface area contributed by atoms with Crippen molar-refractivity contribution >= 4 is 6.29 Å². The summed E-state index contributed by atoms with van der Waals surface area (Å²) in [4.78, 5) is 10.0. The topological polar surface area (TPSA) is 35.5 Å². The lowest BCUT2D eigenvalue weighted by molar-refractivity contribution is -0.107. The first-order valence-electron chi connectivity index (χ1n) is 5.60. The molecule has 0 spiro atoms. The number of carbonyl (C=O) groups excluding carboxylic acids is 1. The number of hydrogen-bond donors (Lipinski definition) is 0. The first kappa shape index (κ1) is 11.7. The summed E-state index contributed by atoms with van der Waals surface area (Å²) in [5, 5.41) is 0. The molecule has 0 aliphatic carbocycles. The average Bonchev–Trinajstić information content (AvgIpc) is 2.69. The van der Waals surface area contributed by atoms with E-state index in [1.165, 1.54) is 25.7 Å². The molecular formula is C11H20O3. The molecule has 0 aromatic heterocycles. The Labute approximate surface area is 85.8 Å². The van der Waals surface area contributed by atoms with Gasteiger partial charge in [0.25, 0.3) is 0 Å². The van der Waals surface area contributed by atoms with E-state index in [0.717, 1.165) is 38.8 Å². The second-order valence-corrected chi connectivity index (χ2v) is 3.68. The number of ether oxygens (including phenoxy) is 2. The molecule has 0 aromatic rings. The number of rotatable bonds is 8. The third kappa shape index (κ3) is 5.35. The van der Waals surface area contributed by atoms with E-state index in [4.69, 9.17) is 9.47 Å². The van der Waals surface area contributed by atoms with Crippen LogP contribution in [-0.4, -0.2) is 25.8 Å². The van der Waals surface area contributed by atoms with Crippen LogP contribution in [0.2, 0.25) is 0 Å². The van der Waals surface area contributed by atoms with E-state index in [9.17, 15) is 4.79 Å². The molecule has 1 saturated heterocycles. The Morgan fingerprint density at radius 3 is 2.36 bits per heavy atom. The number of aldehydes is 1. The zero-order valence-electron chi connectivity index (χ0n) is 8.74. The molecule has 3 heteroatoms. The van der Waals surface area contributed by atoms with Crippen molar-refractivity contribution in [3.63, 3.8) is 0 Å². The fourth-order valence-electron chi connectivity index (χ4n) is 1.64. The molecule has 0 amide bonds. The van der Waals surface area contributed by atoms with Crippen molar-refractivity contribution in [3.05, 3.63) is 0 Å². The van der Waals surface area contributed by atoms with Gasteiger partial charge in [0.1, 0.15) is 6.29 Å². The van der Waals surface area contributed by atoms with Crippen molar-refractivity contribution < 1.29 is 14.3 Å². The van der Waals surface area contributed by atoms with Crippen LogP contribution in [0.25, 0.3) is 0 Å². The maximum Gasteiger partial charge on any atom is 0.157 e. The zero-order chi connectivity index (χ0) is 10.1. The highest BCUT2D eigenvalue weighted by Gasteiger charge is 2.14. The largest absolute Gasteiger partial charge is 0.350 e. The smallest absolute Gasteiger partial charge is 0.157 e. The van der Waals surface area contributed by atoms with Gasteiger partial charge in [0.2, 0.25) is 0 Å². The number of hydrogen-bond acceptors (Lipinski definition) is 3. The summed E-state index contributed by atoms with van der Waals surface area (Å²) in [6.45, 7) is 1.51. The van der Waals surface area contributed by atoms with Gasteiger partial charge in [-0.1, -0.05) is 19.3 Å². The molecule has 0 radical (unpaired) electrons. The lowest BCUT2D eigenvalue weighted by Gasteiger charge is -2.07. The molecule has 0 unspecified atom stereocenters. The van der Waals surface area contributed by atoms with Gasteiger partial charge in [0, 0.05) is 6.42 Å². The summed E-state index contributed by atoms with van der Waals surface area (Å²) >= 11 is 0. The van der Waals surface area contributed by atoms with Gasteiger partial charge in [-0.15, -0.1) is 0 Å². The van der Waals surface area contributed by atoms with E-state index >= 15 is 0 Å². The predicted molar refractivity (Wildman–Crippen MR) is 54.1 cm³/mol. The molecule has 0 aromatic carbocycles. The van der Waals surface area contributed by atoms with Gasteiger partial charge in [-0.3, -0.25) is 0 Å². The molecule has 14 heavy (non-hydrogen) atoms. The molecule has 0 N–H and O–H groups in total. The highest BCUT2D eigenvalue weighted by molar-refractivity contribution is 5.48. The highest BCUT2D eigenvalue weighted by atomic mass is 16.7. The normalized spacial score (nSPS) is 17.4. The van der Waals surface area contributed by atoms with Crippen molar-refractivity contribution in [2.24, 2.45) is 0 Å². The molecule has 3 nitrogen and oxygen atoms in total. The van der Waals surface area contributed by atoms with E-state index in [1.54, 1.807) is 0 Å². The van der Waals surface area contributed by atoms with Crippen molar-refractivity contribution in [1.29, 1.82) is 0 Å². The monoisotopic (exact) mass is 200 g/mol. The second kappa shape index (κ2) is 7.94. The Morgan fingerprint density at radius 1 is 1.00 bits per heavy atom. The summed E-state index contributed by atoms with van der Waals surface area (Å²) in [7, 11) is 0. The van der Waals surface area contributed by atoms with Crippen molar-refractivity contribution in [1.82, 2.24) is 0 Å². The van der Waals surface area contributed by atoms with Crippen LogP contribution in [0, 0.1) is 0 Å². The highest BCUT2D eigenvalue weighted by Crippen LogP contribution is 2.13. The van der Waals surface area contributed by atoms with Crippen molar-refractivity contribution in [2.75, 3.05) is 13.2 Å². The fourth-order valence-corrected chi connectivity index (χ4v) is 1.64. The molecule has 1 rings (SSSR count). The number of unbranched alkanes of at least 4 members (excludes halogenated alkanes) is 5. The van der Waals surface area contributed by atoms with Crippen LogP contribution in [0.15, 0.2) is 0 Å². The van der Waals surface area contributed by atoms with Gasteiger partial charge < -0.3 is 14.3 Å². The van der Waals surface area contributed by atoms with Gasteiger partial charge in [-0.2, -0.15) is 0 Å². The summed E-state index contributed by atoms with van der Waals surface area (Å²) in [6.07, 6.45) is 8.63. The van der Waals surface area contributed by atoms with E-state index in [2.05, 4.69) is 0 Å². The Balaban J connectivity index is 1.77. The fraction of sp³-hybridized carbons (Fsp3) is 0.909. The molecule has 1 aliphatic heterocycles. The van der Waals surface area contributed by atoms with Crippen molar-refractivity contribution in [3.8, 4) is 0 Å². The lowest BCUT2D eigenvalue weighted by atomic mass is 10.1. The van der Waals surface area contributed by atoms with E-state index in [-0.39, 0.29) is 6.29 Å². The van der Waals surface area contributed by atoms with E-state index in [0.29, 0.717) is 0 Å². The average molecular weight is 200 g/mol. The van der Waals surface area contributed by atoms with Gasteiger partial charge in [-0.05, 0) is 19.3 Å². The molecular weight excluding hydrogens is 180 g/mol. The first-order valence-corrected chi connectivity index (χ1v) is 5.60. The maximum atomic E-state index is 10.0. The summed E-state index contributed by atoms with van der Waals surface area (Å²) < 4.78 is 10.7. The van der Waals surface area contributed by atoms with Crippen LogP contribution in [0.1, 0.15) is 44.9 Å². The third-order valence-electron chi connectivity index (χ3n) is 2.45. The molecule has 0 atom stereocenters. The molecule has 1 heterocycles. The Bertz CT molecular complexity index is 141. The molecule has 0 saturated carbocycles. The SMILES string of the molecule is O=CCCCCCCCC1OCCO1. The number of carbonyl (C=O) groups is 1. The summed E-state index contributed by atoms with van der Waals surface area (Å²) in [6, 6.07) is 0. The minimum Gasteiger partial charge on any atom is -0.350 e. The van der Waals surface area contributed by atoms with Gasteiger partial charge in [0.15, 0.2) is 6.29 Å². The van der Waals surface area contributed by atoms with Gasteiger partial charge in [0.05, 0.1) is 13.2 Å². The molecule has 1 aliphatic rings. The van der Waals surface area contributed by atoms with E-state index < -0.39 is 0 Å². The zero-order valence-corrected chi connectivity index (χ0v) is 8.74. The third-order valence-corrected chi connectivity index (χ3v) is 2.45. The maximum absolute atomic E-state index is 10.0. The molecule has 82 valence electrons. The summed E-state index contributed by atoms with van der Waals surface area (Å²) in [5.41, 5.74) is 0. The van der Waals surface area contributed by atoms with Gasteiger partial charge >= 0.3 is 0 Å². The predicted octanol–water partition coefficient (Wildman–Crippen LogP) is 2.29.